The molecule has 2 heterocycles. The SMILES string of the molecule is c1ccc(-c2cccc(N(c3cccc(-c4cccc5oc6c7ccccc7ccc6c45)c3)c3cccc4c3oc3ccccc34)c2)cc1. The predicted octanol–water partition coefficient (Wildman–Crippen LogP) is 13.4. The molecule has 0 fully saturated rings. The summed E-state index contributed by atoms with van der Waals surface area (Å²) in [6.07, 6.45) is 0. The number of nitrogens with zero attached hydrogens (tertiary/aromatic N) is 1. The largest absolute Gasteiger partial charge is 0.455 e. The van der Waals surface area contributed by atoms with Gasteiger partial charge in [-0.05, 0) is 76.2 Å². The number of hydrogen-bond donors (Lipinski definition) is 0. The Bertz CT molecular complexity index is 2840. The fourth-order valence-electron chi connectivity index (χ4n) is 7.40. The zero-order valence-electron chi connectivity index (χ0n) is 26.5. The van der Waals surface area contributed by atoms with Crippen LogP contribution in [0.1, 0.15) is 0 Å². The van der Waals surface area contributed by atoms with Crippen LogP contribution in [0.5, 0.6) is 0 Å². The molecule has 8 aromatic carbocycles. The average Bonchev–Trinajstić information content (AvgIpc) is 3.75. The molecule has 0 N–H and O–H groups in total. The second-order valence-electron chi connectivity index (χ2n) is 12.5. The van der Waals surface area contributed by atoms with E-state index in [-0.39, 0.29) is 0 Å². The molecule has 0 aliphatic rings. The number of anilines is 3. The minimum atomic E-state index is 0.856. The average molecular weight is 628 g/mol. The minimum absolute atomic E-state index is 0.856. The van der Waals surface area contributed by atoms with Crippen LogP contribution in [0.25, 0.3) is 76.9 Å². The molecule has 3 nitrogen and oxygen atoms in total. The van der Waals surface area contributed by atoms with Gasteiger partial charge in [0.1, 0.15) is 16.7 Å². The maximum atomic E-state index is 6.61. The highest BCUT2D eigenvalue weighted by molar-refractivity contribution is 6.19. The van der Waals surface area contributed by atoms with Crippen LogP contribution in [0.15, 0.2) is 185 Å². The van der Waals surface area contributed by atoms with E-state index in [0.717, 1.165) is 83.0 Å². The fraction of sp³-hybridized carbons (Fsp3) is 0. The molecule has 0 amide bonds. The Morgan fingerprint density at radius 1 is 0.367 bits per heavy atom. The van der Waals surface area contributed by atoms with Gasteiger partial charge in [0.15, 0.2) is 5.58 Å². The van der Waals surface area contributed by atoms with E-state index in [1.165, 1.54) is 10.9 Å². The molecule has 0 radical (unpaired) electrons. The van der Waals surface area contributed by atoms with Crippen molar-refractivity contribution in [2.45, 2.75) is 0 Å². The highest BCUT2D eigenvalue weighted by atomic mass is 16.3. The van der Waals surface area contributed by atoms with Gasteiger partial charge in [0.2, 0.25) is 0 Å². The Kier molecular flexibility index (Phi) is 6.18. The Morgan fingerprint density at radius 3 is 1.88 bits per heavy atom. The first kappa shape index (κ1) is 27.5. The molecule has 0 bridgehead atoms. The van der Waals surface area contributed by atoms with E-state index < -0.39 is 0 Å². The first-order chi connectivity index (χ1) is 24.3. The van der Waals surface area contributed by atoms with Crippen molar-refractivity contribution < 1.29 is 8.83 Å². The van der Waals surface area contributed by atoms with Crippen molar-refractivity contribution in [2.24, 2.45) is 0 Å². The lowest BCUT2D eigenvalue weighted by Gasteiger charge is -2.26. The van der Waals surface area contributed by atoms with Crippen LogP contribution in [-0.2, 0) is 0 Å². The third-order valence-corrected chi connectivity index (χ3v) is 9.64. The van der Waals surface area contributed by atoms with Gasteiger partial charge in [-0.25, -0.2) is 0 Å². The zero-order valence-corrected chi connectivity index (χ0v) is 26.5. The third-order valence-electron chi connectivity index (χ3n) is 9.64. The van der Waals surface area contributed by atoms with Crippen LogP contribution in [0, 0.1) is 0 Å². The lowest BCUT2D eigenvalue weighted by atomic mass is 9.97. The van der Waals surface area contributed by atoms with Gasteiger partial charge in [-0.3, -0.25) is 0 Å². The van der Waals surface area contributed by atoms with E-state index in [9.17, 15) is 0 Å². The number of benzene rings is 8. The minimum Gasteiger partial charge on any atom is -0.455 e. The van der Waals surface area contributed by atoms with Crippen LogP contribution in [0.3, 0.4) is 0 Å². The maximum Gasteiger partial charge on any atom is 0.159 e. The Labute approximate surface area is 282 Å². The van der Waals surface area contributed by atoms with Gasteiger partial charge in [-0.1, -0.05) is 127 Å². The molecule has 0 unspecified atom stereocenters. The lowest BCUT2D eigenvalue weighted by Crippen LogP contribution is -2.10. The standard InChI is InChI=1S/C46H29NO2/c1-2-12-30(13-3-1)32-15-8-17-34(28-32)47(41-23-10-22-39-38-20-6-7-24-42(38)48-46(39)41)35-18-9-16-33(29-35)36-21-11-25-43-44(36)40-27-26-31-14-4-5-19-37(31)45(40)49-43/h1-29H. The third kappa shape index (κ3) is 4.44. The van der Waals surface area contributed by atoms with E-state index in [1.54, 1.807) is 0 Å². The molecular formula is C46H29NO2. The lowest BCUT2D eigenvalue weighted by molar-refractivity contribution is 0.669. The zero-order chi connectivity index (χ0) is 32.3. The molecule has 0 atom stereocenters. The van der Waals surface area contributed by atoms with Gasteiger partial charge in [0.05, 0.1) is 5.69 Å². The number of rotatable bonds is 5. The highest BCUT2D eigenvalue weighted by Crippen LogP contribution is 2.45. The normalized spacial score (nSPS) is 11.7. The van der Waals surface area contributed by atoms with Gasteiger partial charge in [-0.2, -0.15) is 0 Å². The van der Waals surface area contributed by atoms with E-state index in [1.807, 2.05) is 12.1 Å². The second kappa shape index (κ2) is 11.0. The fourth-order valence-corrected chi connectivity index (χ4v) is 7.40. The molecule has 0 saturated carbocycles. The summed E-state index contributed by atoms with van der Waals surface area (Å²) in [7, 11) is 0. The summed E-state index contributed by atoms with van der Waals surface area (Å²) in [6.45, 7) is 0. The van der Waals surface area contributed by atoms with Gasteiger partial charge >= 0.3 is 0 Å². The first-order valence-corrected chi connectivity index (χ1v) is 16.6. The van der Waals surface area contributed by atoms with Gasteiger partial charge in [-0.15, -0.1) is 0 Å². The molecule has 230 valence electrons. The number of hydrogen-bond acceptors (Lipinski definition) is 3. The van der Waals surface area contributed by atoms with Crippen molar-refractivity contribution in [1.29, 1.82) is 0 Å². The second-order valence-corrected chi connectivity index (χ2v) is 12.5. The van der Waals surface area contributed by atoms with Crippen molar-refractivity contribution in [2.75, 3.05) is 4.90 Å². The van der Waals surface area contributed by atoms with E-state index in [2.05, 4.69) is 169 Å². The van der Waals surface area contributed by atoms with Crippen LogP contribution < -0.4 is 4.90 Å². The first-order valence-electron chi connectivity index (χ1n) is 16.6. The smallest absolute Gasteiger partial charge is 0.159 e. The number of furan rings is 2. The van der Waals surface area contributed by atoms with Crippen LogP contribution in [-0.4, -0.2) is 0 Å². The summed E-state index contributed by atoms with van der Waals surface area (Å²) in [5.74, 6) is 0. The van der Waals surface area contributed by atoms with Crippen molar-refractivity contribution in [3.05, 3.63) is 176 Å². The summed E-state index contributed by atoms with van der Waals surface area (Å²) in [5.41, 5.74) is 11.2. The molecule has 3 heteroatoms. The van der Waals surface area contributed by atoms with Crippen molar-refractivity contribution in [3.63, 3.8) is 0 Å². The summed E-state index contributed by atoms with van der Waals surface area (Å²) in [4.78, 5) is 2.32. The van der Waals surface area contributed by atoms with E-state index in [0.29, 0.717) is 0 Å². The van der Waals surface area contributed by atoms with Crippen molar-refractivity contribution in [3.8, 4) is 22.3 Å². The molecule has 0 spiro atoms. The molecule has 10 rings (SSSR count). The van der Waals surface area contributed by atoms with E-state index >= 15 is 0 Å². The Morgan fingerprint density at radius 2 is 1.00 bits per heavy atom. The maximum absolute atomic E-state index is 6.61. The summed E-state index contributed by atoms with van der Waals surface area (Å²) in [6, 6.07) is 61.9. The molecule has 0 aliphatic heterocycles. The van der Waals surface area contributed by atoms with E-state index in [4.69, 9.17) is 8.83 Å². The summed E-state index contributed by atoms with van der Waals surface area (Å²) >= 11 is 0. The highest BCUT2D eigenvalue weighted by Gasteiger charge is 2.21. The molecule has 0 aliphatic carbocycles. The van der Waals surface area contributed by atoms with Crippen molar-refractivity contribution >= 4 is 71.7 Å². The molecular weight excluding hydrogens is 599 g/mol. The van der Waals surface area contributed by atoms with Crippen LogP contribution >= 0.6 is 0 Å². The van der Waals surface area contributed by atoms with Gasteiger partial charge in [0.25, 0.3) is 0 Å². The monoisotopic (exact) mass is 627 g/mol. The molecule has 10 aromatic rings. The number of fused-ring (bicyclic) bond motifs is 8. The molecule has 49 heavy (non-hydrogen) atoms. The van der Waals surface area contributed by atoms with Gasteiger partial charge in [0, 0.05) is 38.3 Å². The summed E-state index contributed by atoms with van der Waals surface area (Å²) < 4.78 is 13.2. The number of para-hydroxylation sites is 2. The van der Waals surface area contributed by atoms with Crippen LogP contribution in [0.2, 0.25) is 0 Å². The Hall–Kier alpha value is -6.58. The van der Waals surface area contributed by atoms with Crippen molar-refractivity contribution in [1.82, 2.24) is 0 Å². The topological polar surface area (TPSA) is 29.5 Å². The molecule has 2 aromatic heterocycles. The quantitative estimate of drug-likeness (QED) is 0.190. The van der Waals surface area contributed by atoms with Crippen LogP contribution in [0.4, 0.5) is 17.1 Å². The predicted molar refractivity (Wildman–Crippen MR) is 204 cm³/mol. The molecule has 0 saturated heterocycles. The Balaban J connectivity index is 1.20. The summed E-state index contributed by atoms with van der Waals surface area (Å²) in [5, 5.41) is 6.74. The van der Waals surface area contributed by atoms with Gasteiger partial charge < -0.3 is 13.7 Å².